The van der Waals surface area contributed by atoms with Crippen LogP contribution in [0.2, 0.25) is 0 Å². The van der Waals surface area contributed by atoms with Crippen molar-refractivity contribution in [1.29, 1.82) is 0 Å². The van der Waals surface area contributed by atoms with Crippen molar-refractivity contribution in [3.8, 4) is 0 Å². The van der Waals surface area contributed by atoms with Crippen molar-refractivity contribution < 1.29 is 0 Å². The monoisotopic (exact) mass is 215 g/mol. The molecule has 0 fully saturated rings. The van der Waals surface area contributed by atoms with E-state index in [2.05, 4.69) is 20.8 Å². The molecule has 1 rings (SSSR count). The fraction of sp³-hybridized carbons (Fsp3) is 0.286. The molecule has 0 unspecified atom stereocenters. The van der Waals surface area contributed by atoms with Crippen molar-refractivity contribution in [3.05, 3.63) is 32.2 Å². The summed E-state index contributed by atoms with van der Waals surface area (Å²) < 4.78 is 1.14. The van der Waals surface area contributed by atoms with Gasteiger partial charge in [0.05, 0.1) is 6.42 Å². The molecule has 1 aromatic heterocycles. The molecule has 0 atom stereocenters. The van der Waals surface area contributed by atoms with Crippen molar-refractivity contribution in [2.45, 2.75) is 6.42 Å². The molecule has 0 aromatic carbocycles. The first-order valence-corrected chi connectivity index (χ1v) is 4.57. The van der Waals surface area contributed by atoms with Gasteiger partial charge in [-0.3, -0.25) is 0 Å². The summed E-state index contributed by atoms with van der Waals surface area (Å²) in [5.74, 6) is 0. The zero-order valence-electron chi connectivity index (χ0n) is 5.30. The molecule has 1 aromatic rings. The van der Waals surface area contributed by atoms with Crippen LogP contribution >= 0.6 is 27.3 Å². The van der Waals surface area contributed by atoms with Gasteiger partial charge in [0.25, 0.3) is 0 Å². The number of rotatable bonds is 2. The highest BCUT2D eigenvalue weighted by atomic mass is 79.9. The molecule has 1 heterocycles. The third kappa shape index (κ3) is 1.83. The number of halogens is 1. The normalized spacial score (nSPS) is 9.20. The second-order valence-electron chi connectivity index (χ2n) is 1.82. The summed E-state index contributed by atoms with van der Waals surface area (Å²) >= 11 is 5.10. The maximum atomic E-state index is 6.59. The lowest BCUT2D eigenvalue weighted by molar-refractivity contribution is 1.10. The Balaban J connectivity index is 2.59. The predicted octanol–water partition coefficient (Wildman–Crippen LogP) is 2.97. The molecule has 0 saturated carbocycles. The summed E-state index contributed by atoms with van der Waals surface area (Å²) in [5.41, 5.74) is 0. The van der Waals surface area contributed by atoms with Crippen molar-refractivity contribution >= 4 is 27.3 Å². The van der Waals surface area contributed by atoms with Gasteiger partial charge in [0, 0.05) is 9.35 Å². The van der Waals surface area contributed by atoms with Crippen LogP contribution in [0.5, 0.6) is 0 Å². The van der Waals surface area contributed by atoms with Crippen LogP contribution in [-0.4, -0.2) is 6.54 Å². The van der Waals surface area contributed by atoms with Gasteiger partial charge in [-0.15, -0.1) is 11.3 Å². The van der Waals surface area contributed by atoms with E-state index in [0.29, 0.717) is 6.54 Å². The Morgan fingerprint density at radius 1 is 1.70 bits per heavy atom. The Morgan fingerprint density at radius 3 is 3.00 bits per heavy atom. The summed E-state index contributed by atoms with van der Waals surface area (Å²) in [6.45, 7) is 7.19. The molecular formula is C7H6BrNS. The highest BCUT2D eigenvalue weighted by molar-refractivity contribution is 9.10. The predicted molar refractivity (Wildman–Crippen MR) is 47.2 cm³/mol. The van der Waals surface area contributed by atoms with Crippen LogP contribution in [0.3, 0.4) is 0 Å². The summed E-state index contributed by atoms with van der Waals surface area (Å²) in [6, 6.07) is 2.02. The standard InChI is InChI=1S/C7H6BrNS/c1-9-4-2-7-6(8)3-5-10-7/h3,5H,2,4H2. The molecule has 1 nitrogen and oxygen atoms in total. The Bertz CT molecular complexity index is 248. The molecule has 52 valence electrons. The van der Waals surface area contributed by atoms with Gasteiger partial charge in [-0.1, -0.05) is 0 Å². The van der Waals surface area contributed by atoms with Gasteiger partial charge >= 0.3 is 0 Å². The number of hydrogen-bond donors (Lipinski definition) is 0. The number of nitrogens with zero attached hydrogens (tertiary/aromatic N) is 1. The van der Waals surface area contributed by atoms with Crippen molar-refractivity contribution in [1.82, 2.24) is 0 Å². The average molecular weight is 216 g/mol. The molecule has 10 heavy (non-hydrogen) atoms. The summed E-state index contributed by atoms with van der Waals surface area (Å²) in [4.78, 5) is 4.56. The van der Waals surface area contributed by atoms with E-state index in [9.17, 15) is 0 Å². The molecular weight excluding hydrogens is 210 g/mol. The van der Waals surface area contributed by atoms with E-state index in [1.54, 1.807) is 11.3 Å². The van der Waals surface area contributed by atoms with E-state index >= 15 is 0 Å². The van der Waals surface area contributed by atoms with Crippen LogP contribution in [0.4, 0.5) is 0 Å². The van der Waals surface area contributed by atoms with Crippen LogP contribution < -0.4 is 0 Å². The minimum absolute atomic E-state index is 0.596. The van der Waals surface area contributed by atoms with Crippen molar-refractivity contribution in [2.75, 3.05) is 6.54 Å². The first-order chi connectivity index (χ1) is 4.84. The molecule has 3 heteroatoms. The Hall–Kier alpha value is -0.330. The molecule has 0 radical (unpaired) electrons. The van der Waals surface area contributed by atoms with Gasteiger partial charge in [0.1, 0.15) is 0 Å². The van der Waals surface area contributed by atoms with Gasteiger partial charge in [-0.05, 0) is 27.4 Å². The number of hydrogen-bond acceptors (Lipinski definition) is 1. The lowest BCUT2D eigenvalue weighted by Gasteiger charge is -1.87. The second-order valence-corrected chi connectivity index (χ2v) is 3.68. The lowest BCUT2D eigenvalue weighted by Crippen LogP contribution is -1.82. The van der Waals surface area contributed by atoms with Crippen LogP contribution in [0.1, 0.15) is 4.88 Å². The fourth-order valence-corrected chi connectivity index (χ4v) is 2.20. The van der Waals surface area contributed by atoms with Gasteiger partial charge in [0.2, 0.25) is 6.54 Å². The summed E-state index contributed by atoms with van der Waals surface area (Å²) in [6.07, 6.45) is 0.877. The topological polar surface area (TPSA) is 4.36 Å². The zero-order chi connectivity index (χ0) is 7.40. The maximum Gasteiger partial charge on any atom is 0.219 e. The van der Waals surface area contributed by atoms with Gasteiger partial charge in [-0.2, -0.15) is 0 Å². The first-order valence-electron chi connectivity index (χ1n) is 2.89. The Morgan fingerprint density at radius 2 is 2.50 bits per heavy atom. The van der Waals surface area contributed by atoms with E-state index in [1.807, 2.05) is 11.4 Å². The van der Waals surface area contributed by atoms with Crippen molar-refractivity contribution in [2.24, 2.45) is 0 Å². The van der Waals surface area contributed by atoms with Crippen molar-refractivity contribution in [3.63, 3.8) is 0 Å². The van der Waals surface area contributed by atoms with E-state index in [0.717, 1.165) is 10.9 Å². The lowest BCUT2D eigenvalue weighted by atomic mass is 10.3. The van der Waals surface area contributed by atoms with E-state index in [-0.39, 0.29) is 0 Å². The highest BCUT2D eigenvalue weighted by Crippen LogP contribution is 2.22. The minimum Gasteiger partial charge on any atom is -0.317 e. The van der Waals surface area contributed by atoms with Crippen LogP contribution in [0, 0.1) is 6.57 Å². The van der Waals surface area contributed by atoms with E-state index in [4.69, 9.17) is 6.57 Å². The average Bonchev–Trinajstić information content (AvgIpc) is 2.31. The highest BCUT2D eigenvalue weighted by Gasteiger charge is 2.00. The van der Waals surface area contributed by atoms with Gasteiger partial charge in [0.15, 0.2) is 0 Å². The minimum atomic E-state index is 0.596. The summed E-state index contributed by atoms with van der Waals surface area (Å²) in [7, 11) is 0. The maximum absolute atomic E-state index is 6.59. The molecule has 0 aliphatic carbocycles. The summed E-state index contributed by atoms with van der Waals surface area (Å²) in [5, 5.41) is 2.03. The second kappa shape index (κ2) is 3.75. The van der Waals surface area contributed by atoms with E-state index in [1.165, 1.54) is 4.88 Å². The van der Waals surface area contributed by atoms with E-state index < -0.39 is 0 Å². The molecule has 0 aliphatic heterocycles. The number of thiophene rings is 1. The molecule has 0 saturated heterocycles. The molecule has 0 spiro atoms. The smallest absolute Gasteiger partial charge is 0.219 e. The molecule has 0 bridgehead atoms. The van der Waals surface area contributed by atoms with Gasteiger partial charge < -0.3 is 4.85 Å². The Labute approximate surface area is 72.6 Å². The molecule has 0 aliphatic rings. The van der Waals surface area contributed by atoms with Gasteiger partial charge in [-0.25, -0.2) is 6.57 Å². The van der Waals surface area contributed by atoms with Crippen LogP contribution in [-0.2, 0) is 6.42 Å². The van der Waals surface area contributed by atoms with Crippen LogP contribution in [0.15, 0.2) is 15.9 Å². The third-order valence-corrected chi connectivity index (χ3v) is 3.13. The Kier molecular flexibility index (Phi) is 2.91. The SMILES string of the molecule is [C-]#[N+]CCc1sccc1Br. The molecule has 0 amide bonds. The fourth-order valence-electron chi connectivity index (χ4n) is 0.661. The third-order valence-electron chi connectivity index (χ3n) is 1.14. The molecule has 0 N–H and O–H groups in total. The quantitative estimate of drug-likeness (QED) is 0.669. The largest absolute Gasteiger partial charge is 0.317 e. The van der Waals surface area contributed by atoms with Crippen LogP contribution in [0.25, 0.3) is 4.85 Å². The first kappa shape index (κ1) is 7.77. The zero-order valence-corrected chi connectivity index (χ0v) is 7.70.